The predicted octanol–water partition coefficient (Wildman–Crippen LogP) is 23.9. The zero-order valence-corrected chi connectivity index (χ0v) is 49.4. The van der Waals surface area contributed by atoms with Crippen LogP contribution in [0.5, 0.6) is 0 Å². The van der Waals surface area contributed by atoms with Crippen molar-refractivity contribution in [3.63, 3.8) is 0 Å². The van der Waals surface area contributed by atoms with Crippen molar-refractivity contribution >= 4 is 87.6 Å². The number of hydrogen-bond donors (Lipinski definition) is 0. The second kappa shape index (κ2) is 21.6. The molecule has 2 aromatic heterocycles. The van der Waals surface area contributed by atoms with Gasteiger partial charge in [-0.2, -0.15) is 0 Å². The van der Waals surface area contributed by atoms with Gasteiger partial charge in [-0.3, -0.25) is 0 Å². The third kappa shape index (κ3) is 8.87. The first-order valence-corrected chi connectivity index (χ1v) is 31.3. The Balaban J connectivity index is 0.731. The smallest absolute Gasteiger partial charge is 0.135 e. The highest BCUT2D eigenvalue weighted by molar-refractivity contribution is 7.25. The second-order valence-corrected chi connectivity index (χ2v) is 24.2. The standard InChI is InChI=1S/C85H56N2OS/c1-4-21-63(22-5-1)85(79-32-15-12-29-73(79)74-30-13-16-33-80(74)85)64-41-47-69(48-42-64)86(67-43-35-57(36-44-67)60-40-52-84-78(55-60)75-31-14-17-34-83(75)89-84)68-45-37-58(38-46-68)71-27-10-11-28-72(71)62-20-18-19-59(53-62)61-39-50-81-76(54-61)77-56-70(49-51-82(77)88-81)87(65-23-6-2-7-24-65)66-25-8-3-9-26-66/h1-56H. The van der Waals surface area contributed by atoms with Gasteiger partial charge < -0.3 is 14.2 Å². The fraction of sp³-hybridized carbons (Fsp3) is 0.0118. The number of fused-ring (bicyclic) bond motifs is 9. The van der Waals surface area contributed by atoms with Crippen LogP contribution in [0.25, 0.3) is 97.7 Å². The van der Waals surface area contributed by atoms with Gasteiger partial charge in [-0.15, -0.1) is 11.3 Å². The van der Waals surface area contributed by atoms with Gasteiger partial charge in [0.25, 0.3) is 0 Å². The van der Waals surface area contributed by atoms with Crippen LogP contribution in [0.3, 0.4) is 0 Å². The summed E-state index contributed by atoms with van der Waals surface area (Å²) in [5, 5.41) is 4.77. The van der Waals surface area contributed by atoms with Crippen molar-refractivity contribution < 1.29 is 4.42 Å². The Morgan fingerprint density at radius 3 is 1.31 bits per heavy atom. The largest absolute Gasteiger partial charge is 0.456 e. The Bertz CT molecular complexity index is 5220. The molecule has 0 bridgehead atoms. The van der Waals surface area contributed by atoms with Crippen molar-refractivity contribution in [2.24, 2.45) is 0 Å². The topological polar surface area (TPSA) is 19.6 Å². The van der Waals surface area contributed by atoms with Crippen molar-refractivity contribution in [1.29, 1.82) is 0 Å². The molecule has 0 aliphatic heterocycles. The first kappa shape index (κ1) is 52.1. The highest BCUT2D eigenvalue weighted by atomic mass is 32.1. The van der Waals surface area contributed by atoms with Crippen LogP contribution in [-0.2, 0) is 5.41 Å². The molecule has 418 valence electrons. The molecule has 0 fully saturated rings. The van der Waals surface area contributed by atoms with E-state index in [0.717, 1.165) is 78.3 Å². The van der Waals surface area contributed by atoms with E-state index in [4.69, 9.17) is 4.42 Å². The summed E-state index contributed by atoms with van der Waals surface area (Å²) in [5.74, 6) is 0. The third-order valence-electron chi connectivity index (χ3n) is 18.2. The number of thiophene rings is 1. The maximum Gasteiger partial charge on any atom is 0.135 e. The minimum absolute atomic E-state index is 0.496. The lowest BCUT2D eigenvalue weighted by atomic mass is 9.68. The van der Waals surface area contributed by atoms with Crippen molar-refractivity contribution in [2.75, 3.05) is 9.80 Å². The first-order chi connectivity index (χ1) is 44.1. The summed E-state index contributed by atoms with van der Waals surface area (Å²) >= 11 is 1.86. The number of para-hydroxylation sites is 2. The Morgan fingerprint density at radius 2 is 0.652 bits per heavy atom. The van der Waals surface area contributed by atoms with Gasteiger partial charge in [-0.1, -0.05) is 224 Å². The molecule has 0 saturated heterocycles. The molecule has 0 N–H and O–H groups in total. The molecule has 0 amide bonds. The second-order valence-electron chi connectivity index (χ2n) is 23.1. The maximum atomic E-state index is 6.50. The van der Waals surface area contributed by atoms with E-state index in [1.807, 2.05) is 11.3 Å². The summed E-state index contributed by atoms with van der Waals surface area (Å²) < 4.78 is 9.13. The van der Waals surface area contributed by atoms with E-state index in [0.29, 0.717) is 0 Å². The lowest BCUT2D eigenvalue weighted by molar-refractivity contribution is 0.669. The molecule has 16 aromatic rings. The number of nitrogens with zero attached hydrogens (tertiary/aromatic N) is 2. The Kier molecular flexibility index (Phi) is 12.6. The molecule has 0 atom stereocenters. The summed E-state index contributed by atoms with van der Waals surface area (Å²) in [6.45, 7) is 0. The first-order valence-electron chi connectivity index (χ1n) is 30.4. The van der Waals surface area contributed by atoms with Gasteiger partial charge in [0, 0.05) is 65.1 Å². The average Bonchev–Trinajstić information content (AvgIpc) is 1.59. The molecule has 0 spiro atoms. The number of benzene rings is 14. The van der Waals surface area contributed by atoms with Gasteiger partial charge in [0.15, 0.2) is 0 Å². The molecule has 2 heterocycles. The van der Waals surface area contributed by atoms with Crippen molar-refractivity contribution in [2.45, 2.75) is 5.41 Å². The molecular formula is C85H56N2OS. The van der Waals surface area contributed by atoms with E-state index in [2.05, 4.69) is 350 Å². The number of rotatable bonds is 12. The quantitative estimate of drug-likeness (QED) is 0.122. The van der Waals surface area contributed by atoms with Crippen molar-refractivity contribution in [3.05, 3.63) is 362 Å². The number of furan rings is 1. The molecule has 1 aliphatic rings. The van der Waals surface area contributed by atoms with Crippen LogP contribution in [0.4, 0.5) is 34.1 Å². The van der Waals surface area contributed by atoms with Gasteiger partial charge in [0.05, 0.1) is 5.41 Å². The zero-order valence-electron chi connectivity index (χ0n) is 48.5. The zero-order chi connectivity index (χ0) is 58.8. The molecular weight excluding hydrogens is 1100 g/mol. The van der Waals surface area contributed by atoms with E-state index >= 15 is 0 Å². The minimum Gasteiger partial charge on any atom is -0.456 e. The summed E-state index contributed by atoms with van der Waals surface area (Å²) in [4.78, 5) is 4.70. The number of anilines is 6. The molecule has 1 aliphatic carbocycles. The van der Waals surface area contributed by atoms with E-state index in [9.17, 15) is 0 Å². The molecule has 0 radical (unpaired) electrons. The summed E-state index contributed by atoms with van der Waals surface area (Å²) in [6.07, 6.45) is 0. The van der Waals surface area contributed by atoms with Crippen LogP contribution in [0.1, 0.15) is 22.3 Å². The molecule has 0 unspecified atom stereocenters. The Labute approximate surface area is 521 Å². The Hall–Kier alpha value is -11.3. The van der Waals surface area contributed by atoms with Crippen molar-refractivity contribution in [1.82, 2.24) is 0 Å². The predicted molar refractivity (Wildman–Crippen MR) is 375 cm³/mol. The molecule has 17 rings (SSSR count). The molecule has 4 heteroatoms. The molecule has 0 saturated carbocycles. The van der Waals surface area contributed by atoms with Crippen LogP contribution < -0.4 is 9.80 Å². The van der Waals surface area contributed by atoms with E-state index in [1.165, 1.54) is 75.8 Å². The van der Waals surface area contributed by atoms with E-state index in [-0.39, 0.29) is 0 Å². The number of hydrogen-bond acceptors (Lipinski definition) is 4. The van der Waals surface area contributed by atoms with Gasteiger partial charge >= 0.3 is 0 Å². The molecule has 14 aromatic carbocycles. The van der Waals surface area contributed by atoms with Gasteiger partial charge in [0.1, 0.15) is 11.2 Å². The van der Waals surface area contributed by atoms with Crippen molar-refractivity contribution in [3.8, 4) is 55.6 Å². The third-order valence-corrected chi connectivity index (χ3v) is 19.3. The van der Waals surface area contributed by atoms with Crippen LogP contribution in [0.15, 0.2) is 344 Å². The molecule has 3 nitrogen and oxygen atoms in total. The molecule has 89 heavy (non-hydrogen) atoms. The monoisotopic (exact) mass is 1150 g/mol. The van der Waals surface area contributed by atoms with Crippen LogP contribution >= 0.6 is 11.3 Å². The van der Waals surface area contributed by atoms with Crippen LogP contribution in [0, 0.1) is 0 Å². The lowest BCUT2D eigenvalue weighted by Gasteiger charge is -2.34. The highest BCUT2D eigenvalue weighted by Crippen LogP contribution is 2.56. The van der Waals surface area contributed by atoms with Crippen LogP contribution in [-0.4, -0.2) is 0 Å². The fourth-order valence-corrected chi connectivity index (χ4v) is 15.1. The van der Waals surface area contributed by atoms with E-state index < -0.39 is 5.41 Å². The summed E-state index contributed by atoms with van der Waals surface area (Å²) in [7, 11) is 0. The minimum atomic E-state index is -0.496. The normalized spacial score (nSPS) is 12.4. The highest BCUT2D eigenvalue weighted by Gasteiger charge is 2.46. The van der Waals surface area contributed by atoms with Gasteiger partial charge in [0.2, 0.25) is 0 Å². The SMILES string of the molecule is c1ccc(N(c2ccccc2)c2ccc3oc4ccc(-c5cccc(-c6ccccc6-c6ccc(N(c7ccc(-c8ccc9sc%10ccccc%10c9c8)cc7)c7ccc(C8(c9ccccc9)c9ccccc9-c9ccccc98)cc7)cc6)c5)cc4c3c2)cc1. The summed E-state index contributed by atoms with van der Waals surface area (Å²) in [5.41, 5.74) is 24.6. The van der Waals surface area contributed by atoms with E-state index in [1.54, 1.807) is 0 Å². The van der Waals surface area contributed by atoms with Crippen LogP contribution in [0.2, 0.25) is 0 Å². The maximum absolute atomic E-state index is 6.50. The lowest BCUT2D eigenvalue weighted by Crippen LogP contribution is -2.28. The van der Waals surface area contributed by atoms with Gasteiger partial charge in [-0.05, 0) is 193 Å². The summed E-state index contributed by atoms with van der Waals surface area (Å²) in [6, 6.07) is 124. The fourth-order valence-electron chi connectivity index (χ4n) is 14.1. The Morgan fingerprint density at radius 1 is 0.236 bits per heavy atom. The van der Waals surface area contributed by atoms with Gasteiger partial charge in [-0.25, -0.2) is 0 Å². The average molecular weight is 1150 g/mol.